The van der Waals surface area contributed by atoms with Crippen LogP contribution in [0, 0.1) is 11.8 Å². The summed E-state index contributed by atoms with van der Waals surface area (Å²) in [6.07, 6.45) is 13.5. The number of aliphatic hydroxyl groups is 1. The maximum atomic E-state index is 14.4. The van der Waals surface area contributed by atoms with Crippen molar-refractivity contribution in [2.24, 2.45) is 11.8 Å². The standard InChI is InChI=1S/C31H39N3O5S/c1-3-39-23-14-12-22(13-15-23)32-17-7-11-24-25(28(32)36)26-29(37)34(20(2)19-35)27-30(38)33(21-9-5-4-6-10-21)18-8-16-31(26,27)40-24/h7-8,11-16,20-21,24-27,35H,3-6,9-10,17-19H2,1-2H3/t20-,24-,25+,26+,27?,31+/m1/s1. The molecule has 0 aromatic heterocycles. The lowest BCUT2D eigenvalue weighted by molar-refractivity contribution is -0.146. The molecule has 1 N–H and O–H groups in total. The number of benzene rings is 1. The number of amides is 3. The van der Waals surface area contributed by atoms with Crippen molar-refractivity contribution >= 4 is 35.2 Å². The van der Waals surface area contributed by atoms with Gasteiger partial charge in [0.25, 0.3) is 0 Å². The Bertz CT molecular complexity index is 1210. The second-order valence-corrected chi connectivity index (χ2v) is 13.1. The number of likely N-dealkylation sites (tertiary alicyclic amines) is 1. The largest absolute Gasteiger partial charge is 0.494 e. The number of hydrogen-bond donors (Lipinski definition) is 1. The van der Waals surface area contributed by atoms with Gasteiger partial charge in [0.15, 0.2) is 0 Å². The van der Waals surface area contributed by atoms with Gasteiger partial charge < -0.3 is 24.5 Å². The minimum Gasteiger partial charge on any atom is -0.494 e. The number of nitrogens with zero attached hydrogens (tertiary/aromatic N) is 3. The van der Waals surface area contributed by atoms with Gasteiger partial charge in [0.05, 0.1) is 35.8 Å². The Morgan fingerprint density at radius 1 is 1.02 bits per heavy atom. The van der Waals surface area contributed by atoms with Gasteiger partial charge >= 0.3 is 0 Å². The summed E-state index contributed by atoms with van der Waals surface area (Å²) < 4.78 is 4.72. The van der Waals surface area contributed by atoms with E-state index in [0.29, 0.717) is 19.7 Å². The average Bonchev–Trinajstić information content (AvgIpc) is 3.29. The van der Waals surface area contributed by atoms with Crippen molar-refractivity contribution in [3.8, 4) is 5.75 Å². The molecule has 8 nitrogen and oxygen atoms in total. The van der Waals surface area contributed by atoms with Gasteiger partial charge in [0.2, 0.25) is 17.7 Å². The third kappa shape index (κ3) is 4.28. The SMILES string of the molecule is CCOc1ccc(N2CC=C[C@H]3S[C@]45C=CCN(C6CCCCC6)C(=O)C4N([C@H](C)CO)C(=O)[C@@H]5[C@H]3C2=O)cc1. The van der Waals surface area contributed by atoms with Gasteiger partial charge in [-0.25, -0.2) is 0 Å². The summed E-state index contributed by atoms with van der Waals surface area (Å²) >= 11 is 1.59. The molecule has 1 unspecified atom stereocenters. The van der Waals surface area contributed by atoms with E-state index < -0.39 is 28.7 Å². The minimum atomic E-state index is -0.863. The number of carbonyl (C=O) groups is 3. The van der Waals surface area contributed by atoms with Crippen LogP contribution in [0.15, 0.2) is 48.6 Å². The molecule has 2 saturated heterocycles. The van der Waals surface area contributed by atoms with Gasteiger partial charge in [-0.05, 0) is 51.0 Å². The molecule has 1 aromatic rings. The second-order valence-electron chi connectivity index (χ2n) is 11.6. The van der Waals surface area contributed by atoms with Crippen LogP contribution < -0.4 is 9.64 Å². The van der Waals surface area contributed by atoms with E-state index in [1.807, 2.05) is 42.2 Å². The van der Waals surface area contributed by atoms with Gasteiger partial charge in [0, 0.05) is 30.1 Å². The van der Waals surface area contributed by atoms with E-state index in [4.69, 9.17) is 4.74 Å². The van der Waals surface area contributed by atoms with Crippen LogP contribution in [0.2, 0.25) is 0 Å². The van der Waals surface area contributed by atoms with E-state index in [1.54, 1.807) is 28.5 Å². The van der Waals surface area contributed by atoms with Crippen molar-refractivity contribution in [2.75, 3.05) is 31.2 Å². The van der Waals surface area contributed by atoms with Crippen molar-refractivity contribution in [3.05, 3.63) is 48.6 Å². The lowest BCUT2D eigenvalue weighted by Crippen LogP contribution is -2.57. The number of rotatable bonds is 6. The topological polar surface area (TPSA) is 90.4 Å². The van der Waals surface area contributed by atoms with Crippen LogP contribution in [-0.4, -0.2) is 87.1 Å². The molecule has 4 heterocycles. The highest BCUT2D eigenvalue weighted by Crippen LogP contribution is 2.61. The first-order chi connectivity index (χ1) is 19.4. The molecule has 9 heteroatoms. The Morgan fingerprint density at radius 3 is 2.48 bits per heavy atom. The van der Waals surface area contributed by atoms with Crippen molar-refractivity contribution < 1.29 is 24.2 Å². The number of thioether (sulfide) groups is 1. The molecule has 4 aliphatic heterocycles. The molecule has 1 spiro atoms. The Kier molecular flexibility index (Phi) is 7.46. The zero-order valence-corrected chi connectivity index (χ0v) is 24.1. The molecular formula is C31H39N3O5S. The molecule has 1 saturated carbocycles. The molecule has 1 aromatic carbocycles. The summed E-state index contributed by atoms with van der Waals surface area (Å²) in [5.41, 5.74) is 0.753. The zero-order chi connectivity index (χ0) is 28.0. The average molecular weight is 566 g/mol. The summed E-state index contributed by atoms with van der Waals surface area (Å²) in [6.45, 7) is 4.98. The van der Waals surface area contributed by atoms with Gasteiger partial charge in [-0.15, -0.1) is 11.8 Å². The number of hydrogen-bond acceptors (Lipinski definition) is 6. The number of carbonyl (C=O) groups excluding carboxylic acids is 3. The van der Waals surface area contributed by atoms with E-state index in [1.165, 1.54) is 6.42 Å². The minimum absolute atomic E-state index is 0.0446. The van der Waals surface area contributed by atoms with Crippen molar-refractivity contribution in [3.63, 3.8) is 0 Å². The summed E-state index contributed by atoms with van der Waals surface area (Å²) in [6, 6.07) is 6.37. The summed E-state index contributed by atoms with van der Waals surface area (Å²) in [5.74, 6) is -0.909. The Labute approximate surface area is 240 Å². The molecule has 5 aliphatic rings. The lowest BCUT2D eigenvalue weighted by Gasteiger charge is -2.40. The van der Waals surface area contributed by atoms with Gasteiger partial charge in [-0.2, -0.15) is 0 Å². The quantitative estimate of drug-likeness (QED) is 0.532. The predicted molar refractivity (Wildman–Crippen MR) is 155 cm³/mol. The van der Waals surface area contributed by atoms with Crippen LogP contribution in [-0.2, 0) is 14.4 Å². The van der Waals surface area contributed by atoms with E-state index >= 15 is 0 Å². The summed E-state index contributed by atoms with van der Waals surface area (Å²) in [7, 11) is 0. The van der Waals surface area contributed by atoms with E-state index in [2.05, 4.69) is 18.2 Å². The van der Waals surface area contributed by atoms with Gasteiger partial charge in [-0.3, -0.25) is 14.4 Å². The highest BCUT2D eigenvalue weighted by molar-refractivity contribution is 8.02. The third-order valence-corrected chi connectivity index (χ3v) is 11.1. The van der Waals surface area contributed by atoms with Gasteiger partial charge in [0.1, 0.15) is 11.8 Å². The van der Waals surface area contributed by atoms with Crippen molar-refractivity contribution in [1.82, 2.24) is 9.80 Å². The first-order valence-corrected chi connectivity index (χ1v) is 15.6. The molecule has 3 amide bonds. The van der Waals surface area contributed by atoms with E-state index in [-0.39, 0.29) is 35.6 Å². The maximum Gasteiger partial charge on any atom is 0.247 e. The molecule has 0 bridgehead atoms. The zero-order valence-electron chi connectivity index (χ0n) is 23.3. The van der Waals surface area contributed by atoms with E-state index in [0.717, 1.165) is 37.1 Å². The lowest BCUT2D eigenvalue weighted by atomic mass is 9.78. The maximum absolute atomic E-state index is 14.4. The second kappa shape index (κ2) is 10.9. The smallest absolute Gasteiger partial charge is 0.247 e. The first-order valence-electron chi connectivity index (χ1n) is 14.7. The summed E-state index contributed by atoms with van der Waals surface area (Å²) in [5, 5.41) is 9.96. The van der Waals surface area contributed by atoms with Crippen molar-refractivity contribution in [1.29, 1.82) is 0 Å². The number of fused-ring (bicyclic) bond motifs is 2. The van der Waals surface area contributed by atoms with Crippen LogP contribution in [0.5, 0.6) is 5.75 Å². The fourth-order valence-corrected chi connectivity index (χ4v) is 9.49. The Balaban J connectivity index is 1.38. The highest BCUT2D eigenvalue weighted by atomic mass is 32.2. The Morgan fingerprint density at radius 2 is 1.77 bits per heavy atom. The fourth-order valence-electron chi connectivity index (χ4n) is 7.50. The molecule has 6 rings (SSSR count). The predicted octanol–water partition coefficient (Wildman–Crippen LogP) is 3.40. The molecule has 0 radical (unpaired) electrons. The normalized spacial score (nSPS) is 33.0. The highest BCUT2D eigenvalue weighted by Gasteiger charge is 2.71. The Hall–Kier alpha value is -2.78. The third-order valence-electron chi connectivity index (χ3n) is 9.34. The van der Waals surface area contributed by atoms with Crippen LogP contribution in [0.25, 0.3) is 0 Å². The van der Waals surface area contributed by atoms with Gasteiger partial charge in [-0.1, -0.05) is 43.6 Å². The molecule has 40 heavy (non-hydrogen) atoms. The number of anilines is 1. The molecule has 3 fully saturated rings. The first kappa shape index (κ1) is 27.4. The molecule has 214 valence electrons. The van der Waals surface area contributed by atoms with Crippen LogP contribution in [0.3, 0.4) is 0 Å². The van der Waals surface area contributed by atoms with E-state index in [9.17, 15) is 19.5 Å². The summed E-state index contributed by atoms with van der Waals surface area (Å²) in [4.78, 5) is 48.4. The molecular weight excluding hydrogens is 526 g/mol. The fraction of sp³-hybridized carbons (Fsp3) is 0.581. The van der Waals surface area contributed by atoms with Crippen LogP contribution in [0.1, 0.15) is 46.0 Å². The van der Waals surface area contributed by atoms with Crippen LogP contribution in [0.4, 0.5) is 5.69 Å². The molecule has 1 aliphatic carbocycles. The van der Waals surface area contributed by atoms with Crippen LogP contribution >= 0.6 is 11.8 Å². The number of aliphatic hydroxyl groups excluding tert-OH is 1. The molecule has 6 atom stereocenters. The number of ether oxygens (including phenoxy) is 1. The monoisotopic (exact) mass is 565 g/mol. The van der Waals surface area contributed by atoms with Crippen molar-refractivity contribution in [2.45, 2.75) is 74.1 Å².